The van der Waals surface area contributed by atoms with E-state index in [1.807, 2.05) is 16.7 Å². The summed E-state index contributed by atoms with van der Waals surface area (Å²) in [5, 5.41) is 11.9. The lowest BCUT2D eigenvalue weighted by Crippen LogP contribution is -2.16. The first-order chi connectivity index (χ1) is 14.8. The molecule has 0 radical (unpaired) electrons. The van der Waals surface area contributed by atoms with Crippen LogP contribution in [-0.2, 0) is 22.3 Å². The average molecular weight is 471 g/mol. The molecule has 31 heavy (non-hydrogen) atoms. The Balaban J connectivity index is 1.71. The number of benzene rings is 2. The number of methoxy groups -OCH3 is 1. The first-order valence-electron chi connectivity index (χ1n) is 9.06. The predicted octanol–water partition coefficient (Wildman–Crippen LogP) is 4.99. The minimum atomic E-state index is -4.48. The quantitative estimate of drug-likeness (QED) is 0.469. The highest BCUT2D eigenvalue weighted by molar-refractivity contribution is 7.99. The van der Waals surface area contributed by atoms with Gasteiger partial charge in [0.25, 0.3) is 0 Å². The second-order valence-corrected chi connectivity index (χ2v) is 7.75. The van der Waals surface area contributed by atoms with Gasteiger partial charge >= 0.3 is 6.18 Å². The van der Waals surface area contributed by atoms with Crippen LogP contribution in [0.15, 0.2) is 53.7 Å². The van der Waals surface area contributed by atoms with Crippen molar-refractivity contribution in [3.63, 3.8) is 0 Å². The van der Waals surface area contributed by atoms with Crippen molar-refractivity contribution in [1.82, 2.24) is 14.8 Å². The number of halogens is 4. The Kier molecular flexibility index (Phi) is 7.58. The highest BCUT2D eigenvalue weighted by Crippen LogP contribution is 2.31. The van der Waals surface area contributed by atoms with E-state index in [2.05, 4.69) is 15.5 Å². The molecular formula is C20H18ClF3N4O2S. The zero-order valence-electron chi connectivity index (χ0n) is 16.3. The number of carbonyl (C=O) groups excluding carboxylic acids is 1. The van der Waals surface area contributed by atoms with Crippen molar-refractivity contribution >= 4 is 35.0 Å². The van der Waals surface area contributed by atoms with Crippen molar-refractivity contribution in [2.45, 2.75) is 17.9 Å². The number of hydrogen-bond donors (Lipinski definition) is 1. The monoisotopic (exact) mass is 470 g/mol. The molecule has 1 aromatic heterocycles. The van der Waals surface area contributed by atoms with E-state index in [-0.39, 0.29) is 11.4 Å². The van der Waals surface area contributed by atoms with E-state index in [1.54, 1.807) is 19.2 Å². The van der Waals surface area contributed by atoms with Crippen molar-refractivity contribution in [1.29, 1.82) is 0 Å². The highest BCUT2D eigenvalue weighted by Gasteiger charge is 2.30. The van der Waals surface area contributed by atoms with Gasteiger partial charge in [-0.1, -0.05) is 29.4 Å². The Bertz CT molecular complexity index is 1040. The Morgan fingerprint density at radius 2 is 1.94 bits per heavy atom. The van der Waals surface area contributed by atoms with E-state index >= 15 is 0 Å². The van der Waals surface area contributed by atoms with Gasteiger partial charge in [-0.15, -0.1) is 10.2 Å². The van der Waals surface area contributed by atoms with Gasteiger partial charge in [0.05, 0.1) is 24.5 Å². The van der Waals surface area contributed by atoms with E-state index in [1.165, 1.54) is 12.1 Å². The summed E-state index contributed by atoms with van der Waals surface area (Å²) < 4.78 is 45.5. The molecule has 0 saturated heterocycles. The molecule has 0 fully saturated rings. The highest BCUT2D eigenvalue weighted by atomic mass is 35.5. The summed E-state index contributed by atoms with van der Waals surface area (Å²) in [6.45, 7) is 0.863. The SMILES string of the molecule is COCCn1c(SCC(=O)Nc2cccc(C(F)(F)F)c2)nnc1-c1ccc(Cl)cc1. The summed E-state index contributed by atoms with van der Waals surface area (Å²) in [7, 11) is 1.57. The first kappa shape index (κ1) is 23.1. The van der Waals surface area contributed by atoms with Crippen molar-refractivity contribution in [2.24, 2.45) is 0 Å². The molecule has 2 aromatic carbocycles. The van der Waals surface area contributed by atoms with Gasteiger partial charge in [-0.3, -0.25) is 9.36 Å². The largest absolute Gasteiger partial charge is 0.416 e. The van der Waals surface area contributed by atoms with Crippen molar-refractivity contribution in [2.75, 3.05) is 24.8 Å². The molecule has 11 heteroatoms. The molecule has 3 rings (SSSR count). The Hall–Kier alpha value is -2.56. The maximum Gasteiger partial charge on any atom is 0.416 e. The average Bonchev–Trinajstić information content (AvgIpc) is 3.13. The maximum absolute atomic E-state index is 12.8. The van der Waals surface area contributed by atoms with E-state index in [0.29, 0.717) is 29.2 Å². The molecule has 6 nitrogen and oxygen atoms in total. The summed E-state index contributed by atoms with van der Waals surface area (Å²) >= 11 is 7.07. The fourth-order valence-electron chi connectivity index (χ4n) is 2.69. The van der Waals surface area contributed by atoms with Crippen molar-refractivity contribution in [3.8, 4) is 11.4 Å². The summed E-state index contributed by atoms with van der Waals surface area (Å²) in [5.41, 5.74) is 0.0428. The molecular weight excluding hydrogens is 453 g/mol. The molecule has 164 valence electrons. The number of rotatable bonds is 8. The Morgan fingerprint density at radius 3 is 2.61 bits per heavy atom. The number of ether oxygens (including phenoxy) is 1. The number of nitrogens with one attached hydrogen (secondary N) is 1. The molecule has 1 heterocycles. The number of alkyl halides is 3. The lowest BCUT2D eigenvalue weighted by molar-refractivity contribution is -0.137. The molecule has 0 unspecified atom stereocenters. The standard InChI is InChI=1S/C20H18ClF3N4O2S/c1-30-10-9-28-18(13-5-7-15(21)8-6-13)26-27-19(28)31-12-17(29)25-16-4-2-3-14(11-16)20(22,23)24/h2-8,11H,9-10,12H2,1H3,(H,25,29). The zero-order chi connectivity index (χ0) is 22.4. The lowest BCUT2D eigenvalue weighted by atomic mass is 10.2. The normalized spacial score (nSPS) is 11.5. The number of carbonyl (C=O) groups is 1. The van der Waals surface area contributed by atoms with Crippen LogP contribution >= 0.6 is 23.4 Å². The zero-order valence-corrected chi connectivity index (χ0v) is 17.9. The van der Waals surface area contributed by atoms with Crippen molar-refractivity contribution < 1.29 is 22.7 Å². The molecule has 1 amide bonds. The number of aromatic nitrogens is 3. The van der Waals surface area contributed by atoms with Gasteiger partial charge in [0, 0.05) is 23.4 Å². The van der Waals surface area contributed by atoms with E-state index < -0.39 is 17.6 Å². The Labute approximate surface area is 185 Å². The molecule has 0 aliphatic rings. The van der Waals surface area contributed by atoms with Gasteiger partial charge in [0.15, 0.2) is 11.0 Å². The fourth-order valence-corrected chi connectivity index (χ4v) is 3.58. The van der Waals surface area contributed by atoms with Crippen LogP contribution in [-0.4, -0.2) is 40.1 Å². The van der Waals surface area contributed by atoms with E-state index in [9.17, 15) is 18.0 Å². The second kappa shape index (κ2) is 10.2. The van der Waals surface area contributed by atoms with Crippen LogP contribution in [0.5, 0.6) is 0 Å². The van der Waals surface area contributed by atoms with Crippen LogP contribution in [0, 0.1) is 0 Å². The molecule has 1 N–H and O–H groups in total. The number of nitrogens with zero attached hydrogens (tertiary/aromatic N) is 3. The Morgan fingerprint density at radius 1 is 1.19 bits per heavy atom. The van der Waals surface area contributed by atoms with Gasteiger partial charge in [-0.25, -0.2) is 0 Å². The van der Waals surface area contributed by atoms with Crippen LogP contribution in [0.1, 0.15) is 5.56 Å². The minimum Gasteiger partial charge on any atom is -0.383 e. The van der Waals surface area contributed by atoms with Gasteiger partial charge in [0.1, 0.15) is 0 Å². The van der Waals surface area contributed by atoms with Gasteiger partial charge in [-0.2, -0.15) is 13.2 Å². The number of anilines is 1. The lowest BCUT2D eigenvalue weighted by Gasteiger charge is -2.11. The fraction of sp³-hybridized carbons (Fsp3) is 0.250. The van der Waals surface area contributed by atoms with Crippen LogP contribution in [0.2, 0.25) is 5.02 Å². The molecule has 0 saturated carbocycles. The number of thioether (sulfide) groups is 1. The van der Waals surface area contributed by atoms with E-state index in [0.717, 1.165) is 29.5 Å². The summed E-state index contributed by atoms with van der Waals surface area (Å²) in [6.07, 6.45) is -4.48. The van der Waals surface area contributed by atoms with Gasteiger partial charge < -0.3 is 10.1 Å². The smallest absolute Gasteiger partial charge is 0.383 e. The summed E-state index contributed by atoms with van der Waals surface area (Å²) in [5.74, 6) is 0.0790. The molecule has 0 aliphatic heterocycles. The second-order valence-electron chi connectivity index (χ2n) is 6.37. The number of hydrogen-bond acceptors (Lipinski definition) is 5. The summed E-state index contributed by atoms with van der Waals surface area (Å²) in [4.78, 5) is 12.3. The third kappa shape index (κ3) is 6.22. The van der Waals surface area contributed by atoms with Crippen LogP contribution in [0.3, 0.4) is 0 Å². The molecule has 0 spiro atoms. The van der Waals surface area contributed by atoms with Crippen LogP contribution in [0.25, 0.3) is 11.4 Å². The predicted molar refractivity (Wildman–Crippen MR) is 113 cm³/mol. The molecule has 0 atom stereocenters. The van der Waals surface area contributed by atoms with Gasteiger partial charge in [0.2, 0.25) is 5.91 Å². The van der Waals surface area contributed by atoms with Gasteiger partial charge in [-0.05, 0) is 42.5 Å². The topological polar surface area (TPSA) is 69.0 Å². The molecule has 3 aromatic rings. The van der Waals surface area contributed by atoms with Crippen LogP contribution in [0.4, 0.5) is 18.9 Å². The third-order valence-electron chi connectivity index (χ3n) is 4.14. The first-order valence-corrected chi connectivity index (χ1v) is 10.4. The van der Waals surface area contributed by atoms with E-state index in [4.69, 9.17) is 16.3 Å². The maximum atomic E-state index is 12.8. The number of amides is 1. The van der Waals surface area contributed by atoms with Crippen molar-refractivity contribution in [3.05, 3.63) is 59.1 Å². The molecule has 0 aliphatic carbocycles. The molecule has 0 bridgehead atoms. The summed E-state index contributed by atoms with van der Waals surface area (Å²) in [6, 6.07) is 11.6. The third-order valence-corrected chi connectivity index (χ3v) is 5.36. The van der Waals surface area contributed by atoms with Crippen LogP contribution < -0.4 is 5.32 Å². The minimum absolute atomic E-state index is 0.0536.